The van der Waals surface area contributed by atoms with E-state index in [4.69, 9.17) is 14.6 Å². The molecule has 8 nitrogen and oxygen atoms in total. The highest BCUT2D eigenvalue weighted by atomic mass is 16.5. The number of fused-ring (bicyclic) bond motifs is 2. The molecule has 0 aliphatic carbocycles. The molecule has 0 radical (unpaired) electrons. The number of carbonyl (C=O) groups is 1. The van der Waals surface area contributed by atoms with Crippen LogP contribution in [0.2, 0.25) is 0 Å². The summed E-state index contributed by atoms with van der Waals surface area (Å²) in [5.41, 5.74) is 2.40. The van der Waals surface area contributed by atoms with Gasteiger partial charge >= 0.3 is 0 Å². The molecule has 1 aromatic carbocycles. The third kappa shape index (κ3) is 2.97. The minimum atomic E-state index is -0.250. The maximum atomic E-state index is 8.36. The van der Waals surface area contributed by atoms with Crippen LogP contribution < -0.4 is 9.64 Å². The second kappa shape index (κ2) is 6.53. The number of benzene rings is 1. The SMILES string of the molecule is Cc1nc(N2CC3(COc4ccccc4C3)C2)c2cnn(C)c2n1.O=CO. The van der Waals surface area contributed by atoms with Crippen molar-refractivity contribution < 1.29 is 14.6 Å². The van der Waals surface area contributed by atoms with Gasteiger partial charge in [-0.2, -0.15) is 5.10 Å². The Balaban J connectivity index is 0.000000565. The second-order valence-corrected chi connectivity index (χ2v) is 7.13. The van der Waals surface area contributed by atoms with Crippen molar-refractivity contribution in [2.75, 3.05) is 24.6 Å². The molecule has 1 saturated heterocycles. The Labute approximate surface area is 156 Å². The van der Waals surface area contributed by atoms with Gasteiger partial charge in [0.2, 0.25) is 0 Å². The molecule has 0 saturated carbocycles. The van der Waals surface area contributed by atoms with Gasteiger partial charge in [-0.05, 0) is 25.0 Å². The van der Waals surface area contributed by atoms with Gasteiger partial charge in [0.15, 0.2) is 5.65 Å². The van der Waals surface area contributed by atoms with Gasteiger partial charge < -0.3 is 14.7 Å². The molecule has 0 bridgehead atoms. The molecule has 0 atom stereocenters. The van der Waals surface area contributed by atoms with Crippen molar-refractivity contribution in [2.45, 2.75) is 13.3 Å². The van der Waals surface area contributed by atoms with E-state index in [1.165, 1.54) is 5.56 Å². The van der Waals surface area contributed by atoms with Gasteiger partial charge in [0, 0.05) is 25.6 Å². The third-order valence-electron chi connectivity index (χ3n) is 5.11. The fourth-order valence-corrected chi connectivity index (χ4v) is 3.95. The summed E-state index contributed by atoms with van der Waals surface area (Å²) in [6.07, 6.45) is 2.93. The van der Waals surface area contributed by atoms with E-state index in [2.05, 4.69) is 38.2 Å². The summed E-state index contributed by atoms with van der Waals surface area (Å²) in [5, 5.41) is 12.2. The number of ether oxygens (including phenoxy) is 1. The third-order valence-corrected chi connectivity index (χ3v) is 5.11. The molecule has 2 aliphatic heterocycles. The van der Waals surface area contributed by atoms with Crippen LogP contribution in [0.3, 0.4) is 0 Å². The van der Waals surface area contributed by atoms with E-state index in [1.807, 2.05) is 30.9 Å². The van der Waals surface area contributed by atoms with Crippen LogP contribution in [0.15, 0.2) is 30.5 Å². The number of carboxylic acid groups (broad SMARTS) is 1. The Kier molecular flexibility index (Phi) is 4.18. The van der Waals surface area contributed by atoms with Crippen LogP contribution in [0.4, 0.5) is 5.82 Å². The fourth-order valence-electron chi connectivity index (χ4n) is 3.95. The van der Waals surface area contributed by atoms with E-state index in [0.29, 0.717) is 0 Å². The first-order chi connectivity index (χ1) is 13.0. The molecule has 27 heavy (non-hydrogen) atoms. The molecule has 2 aliphatic rings. The Bertz CT molecular complexity index is 994. The first-order valence-electron chi connectivity index (χ1n) is 8.75. The molecule has 140 valence electrons. The smallest absolute Gasteiger partial charge is 0.290 e. The van der Waals surface area contributed by atoms with Crippen LogP contribution in [0.5, 0.6) is 5.75 Å². The fraction of sp³-hybridized carbons (Fsp3) is 0.368. The van der Waals surface area contributed by atoms with Crippen molar-refractivity contribution in [3.63, 3.8) is 0 Å². The maximum absolute atomic E-state index is 8.36. The topological polar surface area (TPSA) is 93.4 Å². The van der Waals surface area contributed by atoms with Gasteiger partial charge in [0.05, 0.1) is 18.2 Å². The average molecular weight is 367 g/mol. The summed E-state index contributed by atoms with van der Waals surface area (Å²) in [4.78, 5) is 19.9. The molecule has 1 N–H and O–H groups in total. The predicted molar refractivity (Wildman–Crippen MR) is 100 cm³/mol. The normalized spacial score (nSPS) is 16.7. The van der Waals surface area contributed by atoms with E-state index in [9.17, 15) is 0 Å². The predicted octanol–water partition coefficient (Wildman–Crippen LogP) is 1.81. The van der Waals surface area contributed by atoms with Gasteiger partial charge in [-0.25, -0.2) is 9.97 Å². The molecule has 1 fully saturated rings. The van der Waals surface area contributed by atoms with Gasteiger partial charge in [-0.1, -0.05) is 18.2 Å². The van der Waals surface area contributed by atoms with Crippen molar-refractivity contribution in [1.29, 1.82) is 0 Å². The highest BCUT2D eigenvalue weighted by Gasteiger charge is 2.47. The maximum Gasteiger partial charge on any atom is 0.290 e. The van der Waals surface area contributed by atoms with E-state index >= 15 is 0 Å². The first-order valence-corrected chi connectivity index (χ1v) is 8.75. The average Bonchev–Trinajstić information content (AvgIpc) is 3.00. The summed E-state index contributed by atoms with van der Waals surface area (Å²) in [5.74, 6) is 2.82. The molecule has 0 amide bonds. The quantitative estimate of drug-likeness (QED) is 0.656. The lowest BCUT2D eigenvalue weighted by molar-refractivity contribution is -0.122. The van der Waals surface area contributed by atoms with Gasteiger partial charge in [0.1, 0.15) is 17.4 Å². The summed E-state index contributed by atoms with van der Waals surface area (Å²) < 4.78 is 7.81. The Morgan fingerprint density at radius 1 is 1.26 bits per heavy atom. The molecule has 5 rings (SSSR count). The summed E-state index contributed by atoms with van der Waals surface area (Å²) >= 11 is 0. The number of hydrogen-bond acceptors (Lipinski definition) is 6. The molecule has 2 aromatic heterocycles. The van der Waals surface area contributed by atoms with Gasteiger partial charge in [-0.15, -0.1) is 0 Å². The van der Waals surface area contributed by atoms with Gasteiger partial charge in [0.25, 0.3) is 6.47 Å². The lowest BCUT2D eigenvalue weighted by Crippen LogP contribution is -2.61. The van der Waals surface area contributed by atoms with Crippen LogP contribution in [0, 0.1) is 12.3 Å². The minimum Gasteiger partial charge on any atom is -0.493 e. The molecule has 0 unspecified atom stereocenters. The van der Waals surface area contributed by atoms with E-state index in [0.717, 1.165) is 54.5 Å². The van der Waals surface area contributed by atoms with E-state index < -0.39 is 0 Å². The van der Waals surface area contributed by atoms with Crippen molar-refractivity contribution in [1.82, 2.24) is 19.7 Å². The monoisotopic (exact) mass is 367 g/mol. The lowest BCUT2D eigenvalue weighted by atomic mass is 9.74. The van der Waals surface area contributed by atoms with Crippen LogP contribution >= 0.6 is 0 Å². The largest absolute Gasteiger partial charge is 0.493 e. The van der Waals surface area contributed by atoms with Crippen LogP contribution in [-0.2, 0) is 18.3 Å². The van der Waals surface area contributed by atoms with Crippen molar-refractivity contribution in [3.8, 4) is 5.75 Å². The number of anilines is 1. The van der Waals surface area contributed by atoms with Crippen LogP contribution in [-0.4, -0.2) is 51.0 Å². The van der Waals surface area contributed by atoms with Crippen molar-refractivity contribution in [2.24, 2.45) is 12.5 Å². The molecule has 1 spiro atoms. The highest BCUT2D eigenvalue weighted by Crippen LogP contribution is 2.43. The van der Waals surface area contributed by atoms with Crippen molar-refractivity contribution >= 4 is 23.3 Å². The highest BCUT2D eigenvalue weighted by molar-refractivity contribution is 5.87. The summed E-state index contributed by atoms with van der Waals surface area (Å²) in [6.45, 7) is 4.38. The Hall–Kier alpha value is -3.16. The zero-order valence-corrected chi connectivity index (χ0v) is 15.3. The van der Waals surface area contributed by atoms with Crippen molar-refractivity contribution in [3.05, 3.63) is 41.9 Å². The van der Waals surface area contributed by atoms with Crippen LogP contribution in [0.1, 0.15) is 11.4 Å². The van der Waals surface area contributed by atoms with E-state index in [-0.39, 0.29) is 11.9 Å². The number of para-hydroxylation sites is 1. The second-order valence-electron chi connectivity index (χ2n) is 7.13. The van der Waals surface area contributed by atoms with Gasteiger partial charge in [-0.3, -0.25) is 9.48 Å². The zero-order chi connectivity index (χ0) is 19.0. The number of hydrogen-bond donors (Lipinski definition) is 1. The standard InChI is InChI=1S/C18H19N5O.CH2O2/c1-12-20-16-14(8-19-22(16)2)17(21-12)23-9-18(10-23)7-13-5-3-4-6-15(13)24-11-18;2-1-3/h3-6,8H,7,9-11H2,1-2H3;1H,(H,2,3). The lowest BCUT2D eigenvalue weighted by Gasteiger charge is -2.52. The molecule has 4 heterocycles. The summed E-state index contributed by atoms with van der Waals surface area (Å²) in [6, 6.07) is 8.36. The Morgan fingerprint density at radius 2 is 2.00 bits per heavy atom. The van der Waals surface area contributed by atoms with Crippen LogP contribution in [0.25, 0.3) is 11.0 Å². The summed E-state index contributed by atoms with van der Waals surface area (Å²) in [7, 11) is 1.92. The van der Waals surface area contributed by atoms with E-state index in [1.54, 1.807) is 0 Å². The number of nitrogens with zero attached hydrogens (tertiary/aromatic N) is 5. The number of rotatable bonds is 1. The molecule has 8 heteroatoms. The Morgan fingerprint density at radius 3 is 2.78 bits per heavy atom. The molecule has 3 aromatic rings. The minimum absolute atomic E-state index is 0.196. The molecular weight excluding hydrogens is 346 g/mol. The first kappa shape index (κ1) is 17.3. The zero-order valence-electron chi connectivity index (χ0n) is 15.3. The molecular formula is C19H21N5O3. The number of aryl methyl sites for hydroxylation is 2. The number of aromatic nitrogens is 4.